The van der Waals surface area contributed by atoms with Crippen molar-refractivity contribution >= 4 is 23.4 Å². The molecule has 1 N–H and O–H groups in total. The third kappa shape index (κ3) is 6.39. The molecule has 2 aromatic carbocycles. The Morgan fingerprint density at radius 2 is 1.93 bits per heavy atom. The summed E-state index contributed by atoms with van der Waals surface area (Å²) in [6.07, 6.45) is 2.59. The number of nitrogens with one attached hydrogen (secondary N) is 1. The van der Waals surface area contributed by atoms with Gasteiger partial charge in [0.1, 0.15) is 0 Å². The number of nitrogens with zero attached hydrogens (tertiary/aromatic N) is 1. The molecule has 0 saturated carbocycles. The minimum atomic E-state index is -0.396. The van der Waals surface area contributed by atoms with E-state index in [0.717, 1.165) is 22.0 Å². The van der Waals surface area contributed by atoms with E-state index in [4.69, 9.17) is 4.74 Å². The number of para-hydroxylation sites is 1. The molecule has 0 atom stereocenters. The summed E-state index contributed by atoms with van der Waals surface area (Å²) in [5.74, 6) is 0.497. The van der Waals surface area contributed by atoms with Crippen LogP contribution in [-0.2, 0) is 10.5 Å². The Morgan fingerprint density at radius 3 is 2.75 bits per heavy atom. The van der Waals surface area contributed by atoms with Gasteiger partial charge in [0.05, 0.1) is 11.6 Å². The molecule has 6 heteroatoms. The number of aromatic nitrogens is 1. The lowest BCUT2D eigenvalue weighted by molar-refractivity contribution is -0.116. The van der Waals surface area contributed by atoms with Gasteiger partial charge in [0.25, 0.3) is 0 Å². The lowest BCUT2D eigenvalue weighted by Gasteiger charge is -2.09. The summed E-state index contributed by atoms with van der Waals surface area (Å²) >= 11 is 1.65. The van der Waals surface area contributed by atoms with E-state index >= 15 is 0 Å². The zero-order valence-electron chi connectivity index (χ0n) is 15.3. The maximum Gasteiger partial charge on any atom is 0.224 e. The lowest BCUT2D eigenvalue weighted by atomic mass is 10.2. The molecule has 1 amide bonds. The SMILES string of the molecule is O=C(CCCOc1ccccc1F)Nc1cccc(CSc2ccccn2)c1. The molecule has 144 valence electrons. The van der Waals surface area contributed by atoms with E-state index in [0.29, 0.717) is 12.8 Å². The monoisotopic (exact) mass is 396 g/mol. The molecule has 3 aromatic rings. The first-order valence-electron chi connectivity index (χ1n) is 9.01. The number of rotatable bonds is 9. The number of amides is 1. The minimum absolute atomic E-state index is 0.0911. The zero-order chi connectivity index (χ0) is 19.6. The van der Waals surface area contributed by atoms with E-state index in [1.54, 1.807) is 36.2 Å². The van der Waals surface area contributed by atoms with Crippen LogP contribution in [0.2, 0.25) is 0 Å². The van der Waals surface area contributed by atoms with Crippen molar-refractivity contribution in [1.29, 1.82) is 0 Å². The topological polar surface area (TPSA) is 51.2 Å². The van der Waals surface area contributed by atoms with E-state index in [2.05, 4.69) is 10.3 Å². The maximum absolute atomic E-state index is 13.5. The second kappa shape index (κ2) is 10.5. The normalized spacial score (nSPS) is 10.5. The molecule has 0 saturated heterocycles. The van der Waals surface area contributed by atoms with E-state index < -0.39 is 5.82 Å². The van der Waals surface area contributed by atoms with Gasteiger partial charge >= 0.3 is 0 Å². The van der Waals surface area contributed by atoms with Gasteiger partial charge in [0.15, 0.2) is 11.6 Å². The summed E-state index contributed by atoms with van der Waals surface area (Å²) in [6, 6.07) is 19.8. The molecule has 0 aliphatic rings. The molecule has 0 bridgehead atoms. The van der Waals surface area contributed by atoms with E-state index in [1.165, 1.54) is 6.07 Å². The van der Waals surface area contributed by atoms with Gasteiger partial charge in [-0.3, -0.25) is 4.79 Å². The lowest BCUT2D eigenvalue weighted by Crippen LogP contribution is -2.13. The van der Waals surface area contributed by atoms with Crippen molar-refractivity contribution in [2.45, 2.75) is 23.6 Å². The Morgan fingerprint density at radius 1 is 1.07 bits per heavy atom. The number of ether oxygens (including phenoxy) is 1. The molecule has 1 aromatic heterocycles. The molecule has 28 heavy (non-hydrogen) atoms. The molecular weight excluding hydrogens is 375 g/mol. The summed E-state index contributed by atoms with van der Waals surface area (Å²) in [6.45, 7) is 0.287. The maximum atomic E-state index is 13.5. The van der Waals surface area contributed by atoms with Crippen molar-refractivity contribution in [3.8, 4) is 5.75 Å². The Kier molecular flexibility index (Phi) is 7.44. The smallest absolute Gasteiger partial charge is 0.224 e. The highest BCUT2D eigenvalue weighted by Gasteiger charge is 2.06. The van der Waals surface area contributed by atoms with Crippen LogP contribution >= 0.6 is 11.8 Å². The Balaban J connectivity index is 1.42. The number of anilines is 1. The van der Waals surface area contributed by atoms with Crippen molar-refractivity contribution in [2.75, 3.05) is 11.9 Å². The predicted octanol–water partition coefficient (Wildman–Crippen LogP) is 5.31. The van der Waals surface area contributed by atoms with Gasteiger partial charge in [-0.2, -0.15) is 0 Å². The van der Waals surface area contributed by atoms with Crippen LogP contribution in [0.3, 0.4) is 0 Å². The molecule has 0 aliphatic heterocycles. The van der Waals surface area contributed by atoms with Gasteiger partial charge in [0.2, 0.25) is 5.91 Å². The molecule has 4 nitrogen and oxygen atoms in total. The third-order valence-electron chi connectivity index (χ3n) is 3.88. The first-order valence-corrected chi connectivity index (χ1v) is 9.99. The summed E-state index contributed by atoms with van der Waals surface area (Å²) in [7, 11) is 0. The number of hydrogen-bond donors (Lipinski definition) is 1. The average molecular weight is 396 g/mol. The number of pyridine rings is 1. The van der Waals surface area contributed by atoms with Crippen LogP contribution in [0.25, 0.3) is 0 Å². The number of halogens is 1. The van der Waals surface area contributed by atoms with Gasteiger partial charge in [-0.15, -0.1) is 11.8 Å². The Bertz CT molecular complexity index is 906. The number of thioether (sulfide) groups is 1. The molecule has 0 spiro atoms. The molecule has 1 heterocycles. The van der Waals surface area contributed by atoms with Gasteiger partial charge in [-0.25, -0.2) is 9.37 Å². The van der Waals surface area contributed by atoms with Gasteiger partial charge < -0.3 is 10.1 Å². The van der Waals surface area contributed by atoms with Crippen molar-refractivity contribution in [3.63, 3.8) is 0 Å². The van der Waals surface area contributed by atoms with E-state index in [1.807, 2.05) is 42.5 Å². The van der Waals surface area contributed by atoms with E-state index in [9.17, 15) is 9.18 Å². The first-order chi connectivity index (χ1) is 13.7. The zero-order valence-corrected chi connectivity index (χ0v) is 16.1. The molecule has 0 unspecified atom stereocenters. The van der Waals surface area contributed by atoms with Crippen LogP contribution in [0.4, 0.5) is 10.1 Å². The fourth-order valence-corrected chi connectivity index (χ4v) is 3.33. The van der Waals surface area contributed by atoms with Crippen LogP contribution in [-0.4, -0.2) is 17.5 Å². The van der Waals surface area contributed by atoms with Crippen LogP contribution in [0, 0.1) is 5.82 Å². The summed E-state index contributed by atoms with van der Waals surface area (Å²) in [4.78, 5) is 16.4. The number of carbonyl (C=O) groups excluding carboxylic acids is 1. The Hall–Kier alpha value is -2.86. The second-order valence-corrected chi connectivity index (χ2v) is 7.08. The van der Waals surface area contributed by atoms with Crippen molar-refractivity contribution < 1.29 is 13.9 Å². The average Bonchev–Trinajstić information content (AvgIpc) is 2.72. The van der Waals surface area contributed by atoms with Crippen LogP contribution in [0.1, 0.15) is 18.4 Å². The minimum Gasteiger partial charge on any atom is -0.491 e. The number of hydrogen-bond acceptors (Lipinski definition) is 4. The fraction of sp³-hybridized carbons (Fsp3) is 0.182. The number of benzene rings is 2. The highest BCUT2D eigenvalue weighted by molar-refractivity contribution is 7.98. The fourth-order valence-electron chi connectivity index (χ4n) is 2.53. The van der Waals surface area contributed by atoms with Crippen LogP contribution in [0.5, 0.6) is 5.75 Å². The quantitative estimate of drug-likeness (QED) is 0.393. The molecule has 0 aliphatic carbocycles. The first kappa shape index (κ1) is 19.9. The van der Waals surface area contributed by atoms with Crippen LogP contribution < -0.4 is 10.1 Å². The standard InChI is InChI=1S/C22H21FN2O2S/c23-19-9-1-2-10-20(19)27-14-6-11-21(26)25-18-8-5-7-17(15-18)16-28-22-12-3-4-13-24-22/h1-5,7-10,12-13,15H,6,11,14,16H2,(H,25,26). The highest BCUT2D eigenvalue weighted by atomic mass is 32.2. The molecule has 0 radical (unpaired) electrons. The largest absolute Gasteiger partial charge is 0.491 e. The second-order valence-electron chi connectivity index (χ2n) is 6.09. The van der Waals surface area contributed by atoms with Gasteiger partial charge in [0, 0.05) is 24.1 Å². The molecule has 3 rings (SSSR count). The summed E-state index contributed by atoms with van der Waals surface area (Å²) < 4.78 is 18.8. The molecular formula is C22H21FN2O2S. The van der Waals surface area contributed by atoms with Crippen molar-refractivity contribution in [2.24, 2.45) is 0 Å². The third-order valence-corrected chi connectivity index (χ3v) is 4.89. The summed E-state index contributed by atoms with van der Waals surface area (Å²) in [5.41, 5.74) is 1.87. The highest BCUT2D eigenvalue weighted by Crippen LogP contribution is 2.22. The van der Waals surface area contributed by atoms with Crippen molar-refractivity contribution in [1.82, 2.24) is 4.98 Å². The van der Waals surface area contributed by atoms with Gasteiger partial charge in [-0.05, 0) is 48.4 Å². The molecule has 0 fully saturated rings. The predicted molar refractivity (Wildman–Crippen MR) is 110 cm³/mol. The Labute approximate surface area is 168 Å². The number of carbonyl (C=O) groups is 1. The van der Waals surface area contributed by atoms with Gasteiger partial charge in [-0.1, -0.05) is 30.3 Å². The summed E-state index contributed by atoms with van der Waals surface area (Å²) in [5, 5.41) is 3.86. The van der Waals surface area contributed by atoms with Crippen LogP contribution in [0.15, 0.2) is 78.0 Å². The van der Waals surface area contributed by atoms with E-state index in [-0.39, 0.29) is 18.3 Å². The van der Waals surface area contributed by atoms with Crippen molar-refractivity contribution in [3.05, 3.63) is 84.3 Å².